The van der Waals surface area contributed by atoms with Crippen LogP contribution in [0.1, 0.15) is 17.2 Å². The van der Waals surface area contributed by atoms with Gasteiger partial charge in [-0.25, -0.2) is 4.39 Å². The van der Waals surface area contributed by atoms with E-state index in [1.54, 1.807) is 17.8 Å². The van der Waals surface area contributed by atoms with Crippen molar-refractivity contribution in [2.75, 3.05) is 39.3 Å². The second kappa shape index (κ2) is 10.2. The molecular weight excluding hydrogens is 458 g/mol. The summed E-state index contributed by atoms with van der Waals surface area (Å²) in [5, 5.41) is 21.9. The van der Waals surface area contributed by atoms with Crippen LogP contribution >= 0.6 is 48.2 Å². The third kappa shape index (κ3) is 5.20. The summed E-state index contributed by atoms with van der Waals surface area (Å²) in [4.78, 5) is 4.33. The molecule has 1 N–H and O–H groups in total. The van der Waals surface area contributed by atoms with Gasteiger partial charge in [-0.15, -0.1) is 24.8 Å². The second-order valence-corrected chi connectivity index (χ2v) is 8.71. The lowest BCUT2D eigenvalue weighted by Gasteiger charge is -2.49. The zero-order chi connectivity index (χ0) is 19.0. The lowest BCUT2D eigenvalue weighted by molar-refractivity contribution is -0.885. The second-order valence-electron chi connectivity index (χ2n) is 7.22. The van der Waals surface area contributed by atoms with Gasteiger partial charge in [-0.1, -0.05) is 41.6 Å². The summed E-state index contributed by atoms with van der Waals surface area (Å²) >= 11 is 7.70. The zero-order valence-corrected chi connectivity index (χ0v) is 18.9. The van der Waals surface area contributed by atoms with Crippen molar-refractivity contribution < 1.29 is 14.1 Å². The molecule has 0 amide bonds. The molecule has 0 spiro atoms. The Morgan fingerprint density at radius 2 is 1.86 bits per heavy atom. The molecule has 2 aliphatic rings. The summed E-state index contributed by atoms with van der Waals surface area (Å²) in [5.41, 5.74) is 2.25. The molecule has 2 aromatic carbocycles. The number of halogens is 4. The van der Waals surface area contributed by atoms with E-state index in [4.69, 9.17) is 16.7 Å². The fourth-order valence-electron chi connectivity index (χ4n) is 3.99. The van der Waals surface area contributed by atoms with E-state index < -0.39 is 5.82 Å². The molecule has 0 bridgehead atoms. The number of rotatable bonds is 3. The third-order valence-corrected chi connectivity index (χ3v) is 7.04. The van der Waals surface area contributed by atoms with Crippen molar-refractivity contribution in [3.63, 3.8) is 0 Å². The smallest absolute Gasteiger partial charge is 0.142 e. The van der Waals surface area contributed by atoms with Crippen LogP contribution in [0.4, 0.5) is 4.39 Å². The molecule has 1 atom stereocenters. The molecule has 2 aliphatic heterocycles. The van der Waals surface area contributed by atoms with Gasteiger partial charge in [-0.05, 0) is 35.7 Å². The first-order valence-corrected chi connectivity index (χ1v) is 10.4. The molecule has 1 unspecified atom stereocenters. The number of fused-ring (bicyclic) bond motifs is 2. The van der Waals surface area contributed by atoms with Crippen molar-refractivity contribution in [1.82, 2.24) is 4.90 Å². The number of hydrogen-bond acceptors (Lipinski definition) is 4. The van der Waals surface area contributed by atoms with Crippen LogP contribution in [-0.4, -0.2) is 54.0 Å². The SMILES string of the molecule is Cl.Cl.[O-][N+]1(CCO)CCN(C2Cc3ccccc3Sc3cc(F)c(Cl)cc32)CC1. The van der Waals surface area contributed by atoms with E-state index in [-0.39, 0.29) is 53.7 Å². The Balaban J connectivity index is 0.00000150. The highest BCUT2D eigenvalue weighted by Crippen LogP contribution is 2.44. The van der Waals surface area contributed by atoms with E-state index in [1.165, 1.54) is 11.6 Å². The number of aliphatic hydroxyl groups excluding tert-OH is 1. The van der Waals surface area contributed by atoms with Crippen LogP contribution < -0.4 is 0 Å². The molecule has 9 heteroatoms. The van der Waals surface area contributed by atoms with Gasteiger partial charge in [0, 0.05) is 28.9 Å². The number of nitrogens with zero attached hydrogens (tertiary/aromatic N) is 2. The fraction of sp³-hybridized carbons (Fsp3) is 0.400. The van der Waals surface area contributed by atoms with Crippen molar-refractivity contribution in [3.8, 4) is 0 Å². The predicted molar refractivity (Wildman–Crippen MR) is 120 cm³/mol. The van der Waals surface area contributed by atoms with Crippen LogP contribution in [0.2, 0.25) is 5.02 Å². The number of hydrogen-bond donors (Lipinski definition) is 1. The molecule has 1 fully saturated rings. The van der Waals surface area contributed by atoms with Crippen molar-refractivity contribution >= 4 is 48.2 Å². The van der Waals surface area contributed by atoms with E-state index in [2.05, 4.69) is 17.0 Å². The number of piperazine rings is 1. The van der Waals surface area contributed by atoms with E-state index in [9.17, 15) is 9.60 Å². The van der Waals surface area contributed by atoms with Gasteiger partial charge in [0.2, 0.25) is 0 Å². The Hall–Kier alpha value is -0.570. The maximum atomic E-state index is 14.1. The molecule has 0 aliphatic carbocycles. The highest BCUT2D eigenvalue weighted by molar-refractivity contribution is 7.99. The monoisotopic (exact) mass is 480 g/mol. The molecule has 1 saturated heterocycles. The van der Waals surface area contributed by atoms with Crippen LogP contribution in [0.25, 0.3) is 0 Å². The first-order chi connectivity index (χ1) is 13.0. The van der Waals surface area contributed by atoms with Crippen molar-refractivity contribution in [2.24, 2.45) is 0 Å². The topological polar surface area (TPSA) is 46.5 Å². The summed E-state index contributed by atoms with van der Waals surface area (Å²) in [6.07, 6.45) is 0.803. The van der Waals surface area contributed by atoms with Crippen LogP contribution in [0.5, 0.6) is 0 Å². The third-order valence-electron chi connectivity index (χ3n) is 5.56. The van der Waals surface area contributed by atoms with Crippen LogP contribution in [0, 0.1) is 11.0 Å². The standard InChI is InChI=1S/C20H22ClFN2O2S.2ClH/c21-16-12-15-18(23-5-7-24(26,8-6-23)9-10-25)11-14-3-1-2-4-19(14)27-20(15)13-17(16)22;;/h1-4,12-13,18,25H,5-11H2;2*1H. The molecule has 29 heavy (non-hydrogen) atoms. The molecular formula is C20H24Cl3FN2O2S. The van der Waals surface area contributed by atoms with Gasteiger partial charge >= 0.3 is 0 Å². The quantitative estimate of drug-likeness (QED) is 0.510. The average molecular weight is 482 g/mol. The normalized spacial score (nSPS) is 20.5. The van der Waals surface area contributed by atoms with E-state index in [1.807, 2.05) is 12.1 Å². The molecule has 160 valence electrons. The summed E-state index contributed by atoms with van der Waals surface area (Å²) in [5.74, 6) is -0.405. The first kappa shape index (κ1) is 24.7. The van der Waals surface area contributed by atoms with Gasteiger partial charge in [0.1, 0.15) is 12.4 Å². The Morgan fingerprint density at radius 1 is 1.17 bits per heavy atom. The molecule has 2 aromatic rings. The van der Waals surface area contributed by atoms with Crippen LogP contribution in [0.15, 0.2) is 46.2 Å². The van der Waals surface area contributed by atoms with Gasteiger partial charge in [0.15, 0.2) is 0 Å². The van der Waals surface area contributed by atoms with Gasteiger partial charge < -0.3 is 15.0 Å². The van der Waals surface area contributed by atoms with E-state index in [0.29, 0.717) is 26.2 Å². The lowest BCUT2D eigenvalue weighted by atomic mass is 9.96. The minimum absolute atomic E-state index is 0. The highest BCUT2D eigenvalue weighted by Gasteiger charge is 2.33. The van der Waals surface area contributed by atoms with Crippen LogP contribution in [-0.2, 0) is 6.42 Å². The summed E-state index contributed by atoms with van der Waals surface area (Å²) in [6, 6.07) is 11.5. The van der Waals surface area contributed by atoms with Gasteiger partial charge in [0.05, 0.1) is 24.7 Å². The molecule has 4 rings (SSSR count). The molecule has 0 radical (unpaired) electrons. The van der Waals surface area contributed by atoms with Gasteiger partial charge in [-0.2, -0.15) is 0 Å². The molecule has 0 aromatic heterocycles. The number of benzene rings is 2. The maximum absolute atomic E-state index is 14.1. The van der Waals surface area contributed by atoms with Crippen molar-refractivity contribution in [2.45, 2.75) is 22.3 Å². The Kier molecular flexibility index (Phi) is 8.65. The zero-order valence-electron chi connectivity index (χ0n) is 15.7. The maximum Gasteiger partial charge on any atom is 0.142 e. The average Bonchev–Trinajstić information content (AvgIpc) is 2.80. The number of hydroxylamine groups is 3. The van der Waals surface area contributed by atoms with E-state index in [0.717, 1.165) is 21.8 Å². The predicted octanol–water partition coefficient (Wildman–Crippen LogP) is 4.69. The lowest BCUT2D eigenvalue weighted by Crippen LogP contribution is -2.57. The van der Waals surface area contributed by atoms with Gasteiger partial charge in [0.25, 0.3) is 0 Å². The molecule has 0 saturated carbocycles. The van der Waals surface area contributed by atoms with Crippen molar-refractivity contribution in [1.29, 1.82) is 0 Å². The number of quaternary nitrogens is 1. The Bertz CT molecular complexity index is 850. The first-order valence-electron chi connectivity index (χ1n) is 9.16. The molecule has 4 nitrogen and oxygen atoms in total. The van der Waals surface area contributed by atoms with Gasteiger partial charge in [-0.3, -0.25) is 4.90 Å². The minimum atomic E-state index is -0.405. The summed E-state index contributed by atoms with van der Waals surface area (Å²) in [7, 11) is 0. The Morgan fingerprint density at radius 3 is 2.55 bits per heavy atom. The minimum Gasteiger partial charge on any atom is -0.633 e. The number of aliphatic hydroxyl groups is 1. The highest BCUT2D eigenvalue weighted by atomic mass is 35.5. The van der Waals surface area contributed by atoms with Crippen LogP contribution in [0.3, 0.4) is 0 Å². The largest absolute Gasteiger partial charge is 0.633 e. The van der Waals surface area contributed by atoms with Crippen molar-refractivity contribution in [3.05, 3.63) is 63.6 Å². The summed E-state index contributed by atoms with van der Waals surface area (Å²) < 4.78 is 13.8. The fourth-order valence-corrected chi connectivity index (χ4v) is 5.30. The molecule has 2 heterocycles. The van der Waals surface area contributed by atoms with E-state index >= 15 is 0 Å². The summed E-state index contributed by atoms with van der Waals surface area (Å²) in [6.45, 7) is 2.36. The Labute approximate surface area is 192 Å².